The second-order valence-electron chi connectivity index (χ2n) is 2.82. The zero-order chi connectivity index (χ0) is 11.5. The summed E-state index contributed by atoms with van der Waals surface area (Å²) < 4.78 is 39.9. The number of nitrogens with zero attached hydrogens (tertiary/aromatic N) is 2. The first-order chi connectivity index (χ1) is 6.92. The maximum atomic E-state index is 11.8. The van der Waals surface area contributed by atoms with Crippen LogP contribution in [0.5, 0.6) is 5.88 Å². The van der Waals surface area contributed by atoms with Crippen molar-refractivity contribution in [3.63, 3.8) is 0 Å². The third kappa shape index (κ3) is 3.46. The lowest BCUT2D eigenvalue weighted by Gasteiger charge is -2.09. The van der Waals surface area contributed by atoms with Crippen molar-refractivity contribution in [1.29, 1.82) is 5.26 Å². The average Bonchev–Trinajstić information content (AvgIpc) is 2.14. The molecule has 0 fully saturated rings. The molecular formula is C9H7F3N2O. The van der Waals surface area contributed by atoms with E-state index in [0.717, 1.165) is 0 Å². The molecule has 0 saturated heterocycles. The first-order valence-electron chi connectivity index (χ1n) is 3.99. The van der Waals surface area contributed by atoms with Crippen LogP contribution in [0, 0.1) is 18.3 Å². The van der Waals surface area contributed by atoms with Crippen LogP contribution in [0.4, 0.5) is 13.2 Å². The second-order valence-corrected chi connectivity index (χ2v) is 2.82. The van der Waals surface area contributed by atoms with Gasteiger partial charge in [0.1, 0.15) is 11.6 Å². The van der Waals surface area contributed by atoms with Crippen LogP contribution in [-0.2, 0) is 0 Å². The Labute approximate surface area is 84.1 Å². The number of aryl methyl sites for hydroxylation is 1. The van der Waals surface area contributed by atoms with E-state index in [1.807, 2.05) is 0 Å². The lowest BCUT2D eigenvalue weighted by molar-refractivity contribution is -0.154. The van der Waals surface area contributed by atoms with Gasteiger partial charge in [-0.3, -0.25) is 0 Å². The number of hydrogen-bond acceptors (Lipinski definition) is 3. The molecule has 15 heavy (non-hydrogen) atoms. The number of aromatic nitrogens is 1. The van der Waals surface area contributed by atoms with E-state index in [4.69, 9.17) is 5.26 Å². The molecule has 1 aromatic heterocycles. The van der Waals surface area contributed by atoms with Gasteiger partial charge in [0.05, 0.1) is 0 Å². The van der Waals surface area contributed by atoms with Gasteiger partial charge in [0.15, 0.2) is 6.61 Å². The van der Waals surface area contributed by atoms with E-state index in [9.17, 15) is 13.2 Å². The van der Waals surface area contributed by atoms with Crippen molar-refractivity contribution in [3.05, 3.63) is 23.4 Å². The van der Waals surface area contributed by atoms with Crippen molar-refractivity contribution in [2.75, 3.05) is 6.61 Å². The Kier molecular flexibility index (Phi) is 3.14. The van der Waals surface area contributed by atoms with E-state index in [0.29, 0.717) is 5.69 Å². The highest BCUT2D eigenvalue weighted by molar-refractivity contribution is 5.38. The van der Waals surface area contributed by atoms with E-state index in [-0.39, 0.29) is 11.4 Å². The largest absolute Gasteiger partial charge is 0.467 e. The van der Waals surface area contributed by atoms with Crippen LogP contribution in [0.15, 0.2) is 12.1 Å². The molecule has 0 bridgehead atoms. The van der Waals surface area contributed by atoms with Crippen LogP contribution in [0.25, 0.3) is 0 Å². The van der Waals surface area contributed by atoms with Crippen molar-refractivity contribution in [2.45, 2.75) is 13.1 Å². The maximum absolute atomic E-state index is 11.8. The molecule has 6 heteroatoms. The van der Waals surface area contributed by atoms with Crippen molar-refractivity contribution < 1.29 is 17.9 Å². The summed E-state index contributed by atoms with van der Waals surface area (Å²) in [6, 6.07) is 4.60. The summed E-state index contributed by atoms with van der Waals surface area (Å²) in [7, 11) is 0. The molecule has 0 atom stereocenters. The van der Waals surface area contributed by atoms with Gasteiger partial charge in [-0.2, -0.15) is 18.4 Å². The first-order valence-corrected chi connectivity index (χ1v) is 3.99. The van der Waals surface area contributed by atoms with Gasteiger partial charge in [-0.15, -0.1) is 0 Å². The molecule has 1 heterocycles. The molecule has 1 aromatic rings. The quantitative estimate of drug-likeness (QED) is 0.761. The van der Waals surface area contributed by atoms with Crippen LogP contribution in [-0.4, -0.2) is 17.8 Å². The Balaban J connectivity index is 2.85. The molecule has 0 aromatic carbocycles. The van der Waals surface area contributed by atoms with Gasteiger partial charge in [-0.1, -0.05) is 0 Å². The lowest BCUT2D eigenvalue weighted by atomic mass is 10.2. The van der Waals surface area contributed by atoms with Crippen molar-refractivity contribution >= 4 is 0 Å². The zero-order valence-corrected chi connectivity index (χ0v) is 7.80. The summed E-state index contributed by atoms with van der Waals surface area (Å²) in [4.78, 5) is 3.70. The number of pyridine rings is 1. The Hall–Kier alpha value is -1.77. The number of ether oxygens (including phenoxy) is 1. The minimum atomic E-state index is -4.43. The monoisotopic (exact) mass is 216 g/mol. The minimum absolute atomic E-state index is 0.00940. The van der Waals surface area contributed by atoms with E-state index in [2.05, 4.69) is 9.72 Å². The number of alkyl halides is 3. The molecular weight excluding hydrogens is 209 g/mol. The normalized spacial score (nSPS) is 10.9. The number of nitriles is 1. The number of halogens is 3. The third-order valence-corrected chi connectivity index (χ3v) is 1.49. The highest BCUT2D eigenvalue weighted by atomic mass is 19.4. The summed E-state index contributed by atoms with van der Waals surface area (Å²) in [6.07, 6.45) is -4.43. The fourth-order valence-corrected chi connectivity index (χ4v) is 0.878. The highest BCUT2D eigenvalue weighted by Crippen LogP contribution is 2.20. The topological polar surface area (TPSA) is 45.9 Å². The Morgan fingerprint density at radius 3 is 2.67 bits per heavy atom. The van der Waals surface area contributed by atoms with Crippen LogP contribution < -0.4 is 4.74 Å². The second kappa shape index (κ2) is 4.17. The van der Waals surface area contributed by atoms with Gasteiger partial charge >= 0.3 is 6.18 Å². The predicted molar refractivity (Wildman–Crippen MR) is 45.2 cm³/mol. The molecule has 0 N–H and O–H groups in total. The molecule has 0 unspecified atom stereocenters. The average molecular weight is 216 g/mol. The van der Waals surface area contributed by atoms with E-state index >= 15 is 0 Å². The van der Waals surface area contributed by atoms with E-state index in [1.54, 1.807) is 13.0 Å². The molecule has 0 aliphatic carbocycles. The first kappa shape index (κ1) is 11.3. The molecule has 0 saturated carbocycles. The molecule has 80 valence electrons. The maximum Gasteiger partial charge on any atom is 0.422 e. The summed E-state index contributed by atoms with van der Waals surface area (Å²) in [5.41, 5.74) is 0.482. The molecule has 0 spiro atoms. The minimum Gasteiger partial charge on any atom is -0.467 e. The van der Waals surface area contributed by atoms with Gasteiger partial charge in [0.2, 0.25) is 5.88 Å². The molecule has 0 radical (unpaired) electrons. The summed E-state index contributed by atoms with van der Waals surface area (Å²) in [6.45, 7) is 0.153. The van der Waals surface area contributed by atoms with Crippen LogP contribution >= 0.6 is 0 Å². The van der Waals surface area contributed by atoms with Crippen LogP contribution in [0.2, 0.25) is 0 Å². The van der Waals surface area contributed by atoms with Crippen LogP contribution in [0.1, 0.15) is 11.3 Å². The van der Waals surface area contributed by atoms with E-state index in [1.165, 1.54) is 12.1 Å². The predicted octanol–water partition coefficient (Wildman–Crippen LogP) is 2.20. The molecule has 3 nitrogen and oxygen atoms in total. The van der Waals surface area contributed by atoms with Crippen molar-refractivity contribution in [3.8, 4) is 11.9 Å². The Morgan fingerprint density at radius 1 is 1.47 bits per heavy atom. The number of hydrogen-bond donors (Lipinski definition) is 0. The number of rotatable bonds is 2. The molecule has 0 aliphatic rings. The Bertz CT molecular complexity index is 395. The van der Waals surface area contributed by atoms with Gasteiger partial charge in [-0.05, 0) is 19.1 Å². The SMILES string of the molecule is Cc1ccc(C#N)c(OCC(F)(F)F)n1. The molecule has 1 rings (SSSR count). The fraction of sp³-hybridized carbons (Fsp3) is 0.333. The van der Waals surface area contributed by atoms with E-state index < -0.39 is 12.8 Å². The van der Waals surface area contributed by atoms with Crippen molar-refractivity contribution in [1.82, 2.24) is 4.98 Å². The Morgan fingerprint density at radius 2 is 2.13 bits per heavy atom. The van der Waals surface area contributed by atoms with Crippen molar-refractivity contribution in [2.24, 2.45) is 0 Å². The molecule has 0 amide bonds. The summed E-state index contributed by atoms with van der Waals surface area (Å²) in [5.74, 6) is -0.283. The third-order valence-electron chi connectivity index (χ3n) is 1.49. The lowest BCUT2D eigenvalue weighted by Crippen LogP contribution is -2.20. The summed E-state index contributed by atoms with van der Waals surface area (Å²) >= 11 is 0. The highest BCUT2D eigenvalue weighted by Gasteiger charge is 2.29. The van der Waals surface area contributed by atoms with Gasteiger partial charge in [-0.25, -0.2) is 4.98 Å². The molecule has 0 aliphatic heterocycles. The van der Waals surface area contributed by atoms with Gasteiger partial charge in [0.25, 0.3) is 0 Å². The smallest absolute Gasteiger partial charge is 0.422 e. The zero-order valence-electron chi connectivity index (χ0n) is 7.80. The van der Waals surface area contributed by atoms with Crippen LogP contribution in [0.3, 0.4) is 0 Å². The van der Waals surface area contributed by atoms with Gasteiger partial charge in [0, 0.05) is 5.69 Å². The fourth-order valence-electron chi connectivity index (χ4n) is 0.878. The van der Waals surface area contributed by atoms with Gasteiger partial charge < -0.3 is 4.74 Å². The standard InChI is InChI=1S/C9H7F3N2O/c1-6-2-3-7(4-13)8(14-6)15-5-9(10,11)12/h2-3H,5H2,1H3. The summed E-state index contributed by atoms with van der Waals surface area (Å²) in [5, 5.41) is 8.59.